The minimum Gasteiger partial charge on any atom is -0.492 e. The maximum atomic E-state index is 12.3. The second kappa shape index (κ2) is 9.61. The smallest absolute Gasteiger partial charge is 0.240 e. The maximum absolute atomic E-state index is 12.3. The van der Waals surface area contributed by atoms with E-state index in [1.54, 1.807) is 19.4 Å². The highest BCUT2D eigenvalue weighted by Gasteiger charge is 2.33. The summed E-state index contributed by atoms with van der Waals surface area (Å²) in [6.45, 7) is 1.94. The van der Waals surface area contributed by atoms with E-state index in [1.165, 1.54) is 0 Å². The normalized spacial score (nSPS) is 18.7. The first kappa shape index (κ1) is 20.9. The van der Waals surface area contributed by atoms with Gasteiger partial charge in [-0.2, -0.15) is 0 Å². The van der Waals surface area contributed by atoms with Crippen molar-refractivity contribution < 1.29 is 14.3 Å². The van der Waals surface area contributed by atoms with Gasteiger partial charge < -0.3 is 25.4 Å². The van der Waals surface area contributed by atoms with Gasteiger partial charge >= 0.3 is 0 Å². The van der Waals surface area contributed by atoms with Crippen LogP contribution >= 0.6 is 0 Å². The number of aromatic nitrogens is 2. The van der Waals surface area contributed by atoms with E-state index in [0.717, 1.165) is 23.4 Å². The summed E-state index contributed by atoms with van der Waals surface area (Å²) in [5.41, 5.74) is 8.09. The fourth-order valence-corrected chi connectivity index (χ4v) is 4.00. The fourth-order valence-electron chi connectivity index (χ4n) is 4.00. The number of methoxy groups -OCH3 is 1. The molecule has 1 saturated heterocycles. The van der Waals surface area contributed by atoms with Gasteiger partial charge in [0.25, 0.3) is 0 Å². The minimum atomic E-state index is -0.431. The Labute approximate surface area is 181 Å². The summed E-state index contributed by atoms with van der Waals surface area (Å²) in [6, 6.07) is 15.0. The Kier molecular flexibility index (Phi) is 6.47. The summed E-state index contributed by atoms with van der Waals surface area (Å²) in [6.07, 6.45) is 3.23. The molecule has 2 atom stereocenters. The first-order valence-corrected chi connectivity index (χ1v) is 10.4. The van der Waals surface area contributed by atoms with Crippen LogP contribution in [0.25, 0.3) is 11.0 Å². The highest BCUT2D eigenvalue weighted by molar-refractivity contribution is 5.92. The van der Waals surface area contributed by atoms with Crippen LogP contribution in [0.3, 0.4) is 0 Å². The molecule has 3 heterocycles. The molecule has 0 spiro atoms. The molecule has 2 unspecified atom stereocenters. The molecular formula is C23H27N5O3. The van der Waals surface area contributed by atoms with Gasteiger partial charge in [0.1, 0.15) is 23.9 Å². The molecule has 2 aromatic heterocycles. The number of benzene rings is 1. The van der Waals surface area contributed by atoms with Gasteiger partial charge in [-0.1, -0.05) is 18.2 Å². The van der Waals surface area contributed by atoms with Gasteiger partial charge in [-0.3, -0.25) is 9.78 Å². The first-order chi connectivity index (χ1) is 15.2. The van der Waals surface area contributed by atoms with E-state index in [2.05, 4.69) is 15.3 Å². The maximum Gasteiger partial charge on any atom is 0.240 e. The largest absolute Gasteiger partial charge is 0.492 e. The van der Waals surface area contributed by atoms with Gasteiger partial charge in [-0.25, -0.2) is 4.98 Å². The Morgan fingerprint density at radius 2 is 2.06 bits per heavy atom. The van der Waals surface area contributed by atoms with Crippen molar-refractivity contribution in [2.24, 2.45) is 5.73 Å². The van der Waals surface area contributed by atoms with Crippen LogP contribution in [0.2, 0.25) is 0 Å². The molecule has 0 radical (unpaired) electrons. The van der Waals surface area contributed by atoms with Crippen molar-refractivity contribution in [3.63, 3.8) is 0 Å². The van der Waals surface area contributed by atoms with Crippen LogP contribution in [-0.4, -0.2) is 54.8 Å². The second-order valence-corrected chi connectivity index (χ2v) is 7.50. The standard InChI is InChI=1S/C23H27N5O3/c1-30-21-8-7-18-22(27-21)19(9-11-26-18)28-13-10-16(15-20(28)23(24)29)25-12-14-31-17-5-3-2-4-6-17/h2-9,11,16,20,25H,10,12-15H2,1H3,(H2,24,29). The number of nitrogens with zero attached hydrogens (tertiary/aromatic N) is 3. The van der Waals surface area contributed by atoms with E-state index >= 15 is 0 Å². The predicted molar refractivity (Wildman–Crippen MR) is 119 cm³/mol. The van der Waals surface area contributed by atoms with Gasteiger partial charge in [0.2, 0.25) is 11.8 Å². The molecule has 8 nitrogen and oxygen atoms in total. The SMILES string of the molecule is COc1ccc2nccc(N3CCC(NCCOc4ccccc4)CC3C(N)=O)c2n1. The van der Waals surface area contributed by atoms with E-state index in [-0.39, 0.29) is 11.9 Å². The molecule has 0 bridgehead atoms. The summed E-state index contributed by atoms with van der Waals surface area (Å²) < 4.78 is 11.0. The number of ether oxygens (including phenoxy) is 2. The van der Waals surface area contributed by atoms with E-state index in [4.69, 9.17) is 15.2 Å². The molecule has 1 aliphatic heterocycles. The quantitative estimate of drug-likeness (QED) is 0.537. The predicted octanol–water partition coefficient (Wildman–Crippen LogP) is 2.13. The third-order valence-corrected chi connectivity index (χ3v) is 5.53. The lowest BCUT2D eigenvalue weighted by Crippen LogP contribution is -2.54. The molecule has 3 aromatic rings. The zero-order chi connectivity index (χ0) is 21.6. The van der Waals surface area contributed by atoms with Crippen LogP contribution in [0.15, 0.2) is 54.7 Å². The number of primary amides is 1. The second-order valence-electron chi connectivity index (χ2n) is 7.50. The molecule has 1 aliphatic rings. The molecule has 0 aliphatic carbocycles. The molecular weight excluding hydrogens is 394 g/mol. The number of hydrogen-bond donors (Lipinski definition) is 2. The van der Waals surface area contributed by atoms with Gasteiger partial charge in [0, 0.05) is 31.4 Å². The summed E-state index contributed by atoms with van der Waals surface area (Å²) in [4.78, 5) is 23.3. The number of hydrogen-bond acceptors (Lipinski definition) is 7. The molecule has 1 amide bonds. The number of carbonyl (C=O) groups excluding carboxylic acids is 1. The summed E-state index contributed by atoms with van der Waals surface area (Å²) in [5.74, 6) is 1.01. The van der Waals surface area contributed by atoms with Crippen molar-refractivity contribution in [2.45, 2.75) is 24.9 Å². The Balaban J connectivity index is 1.43. The zero-order valence-corrected chi connectivity index (χ0v) is 17.5. The van der Waals surface area contributed by atoms with Crippen LogP contribution in [0, 0.1) is 0 Å². The number of anilines is 1. The number of amides is 1. The number of nitrogens with one attached hydrogen (secondary N) is 1. The van der Waals surface area contributed by atoms with E-state index in [0.29, 0.717) is 37.5 Å². The van der Waals surface area contributed by atoms with E-state index in [1.807, 2.05) is 47.4 Å². The van der Waals surface area contributed by atoms with E-state index < -0.39 is 6.04 Å². The fraction of sp³-hybridized carbons (Fsp3) is 0.348. The molecule has 3 N–H and O–H groups in total. The first-order valence-electron chi connectivity index (χ1n) is 10.4. The Morgan fingerprint density at radius 1 is 1.23 bits per heavy atom. The summed E-state index contributed by atoms with van der Waals surface area (Å²) in [7, 11) is 1.58. The molecule has 4 rings (SSSR count). The topological polar surface area (TPSA) is 103 Å². The van der Waals surface area contributed by atoms with Crippen LogP contribution in [-0.2, 0) is 4.79 Å². The van der Waals surface area contributed by atoms with Crippen molar-refractivity contribution >= 4 is 22.6 Å². The number of para-hydroxylation sites is 1. The highest BCUT2D eigenvalue weighted by Crippen LogP contribution is 2.31. The van der Waals surface area contributed by atoms with Crippen LogP contribution in [0.5, 0.6) is 11.6 Å². The van der Waals surface area contributed by atoms with E-state index in [9.17, 15) is 4.79 Å². The number of rotatable bonds is 8. The number of carbonyl (C=O) groups is 1. The lowest BCUT2D eigenvalue weighted by molar-refractivity contribution is -0.119. The Morgan fingerprint density at radius 3 is 2.84 bits per heavy atom. The lowest BCUT2D eigenvalue weighted by atomic mass is 9.95. The average molecular weight is 422 g/mol. The molecule has 1 aromatic carbocycles. The van der Waals surface area contributed by atoms with Crippen LogP contribution < -0.4 is 25.4 Å². The molecule has 1 fully saturated rings. The van der Waals surface area contributed by atoms with Gasteiger partial charge in [0.05, 0.1) is 18.3 Å². The van der Waals surface area contributed by atoms with Gasteiger partial charge in [-0.15, -0.1) is 0 Å². The summed E-state index contributed by atoms with van der Waals surface area (Å²) >= 11 is 0. The van der Waals surface area contributed by atoms with Crippen LogP contribution in [0.4, 0.5) is 5.69 Å². The van der Waals surface area contributed by atoms with Crippen molar-refractivity contribution in [2.75, 3.05) is 31.7 Å². The number of nitrogens with two attached hydrogens (primary N) is 1. The van der Waals surface area contributed by atoms with Crippen molar-refractivity contribution in [1.29, 1.82) is 0 Å². The third-order valence-electron chi connectivity index (χ3n) is 5.53. The summed E-state index contributed by atoms with van der Waals surface area (Å²) in [5, 5.41) is 3.50. The Bertz CT molecular complexity index is 1030. The molecule has 162 valence electrons. The average Bonchev–Trinajstić information content (AvgIpc) is 2.81. The zero-order valence-electron chi connectivity index (χ0n) is 17.5. The number of pyridine rings is 2. The molecule has 0 saturated carbocycles. The lowest BCUT2D eigenvalue weighted by Gasteiger charge is -2.39. The van der Waals surface area contributed by atoms with Crippen molar-refractivity contribution in [1.82, 2.24) is 15.3 Å². The minimum absolute atomic E-state index is 0.184. The number of fused-ring (bicyclic) bond motifs is 1. The highest BCUT2D eigenvalue weighted by atomic mass is 16.5. The van der Waals surface area contributed by atoms with Crippen LogP contribution in [0.1, 0.15) is 12.8 Å². The number of piperidine rings is 1. The van der Waals surface area contributed by atoms with Gasteiger partial charge in [-0.05, 0) is 37.1 Å². The van der Waals surface area contributed by atoms with Gasteiger partial charge in [0.15, 0.2) is 0 Å². The van der Waals surface area contributed by atoms with Crippen molar-refractivity contribution in [3.8, 4) is 11.6 Å². The molecule has 31 heavy (non-hydrogen) atoms. The Hall–Kier alpha value is -3.39. The monoisotopic (exact) mass is 421 g/mol. The van der Waals surface area contributed by atoms with Crippen molar-refractivity contribution in [3.05, 3.63) is 54.7 Å². The molecule has 8 heteroatoms. The third kappa shape index (κ3) is 4.86.